The summed E-state index contributed by atoms with van der Waals surface area (Å²) in [6.07, 6.45) is 5.82. The molecule has 1 aliphatic heterocycles. The Balaban J connectivity index is 1.75. The molecule has 0 spiro atoms. The number of nitrogens with zero attached hydrogens (tertiary/aromatic N) is 2. The van der Waals surface area contributed by atoms with E-state index < -0.39 is 0 Å². The lowest BCUT2D eigenvalue weighted by atomic mass is 10.1. The van der Waals surface area contributed by atoms with Gasteiger partial charge in [-0.25, -0.2) is 0 Å². The maximum absolute atomic E-state index is 3.75. The van der Waals surface area contributed by atoms with Crippen LogP contribution in [0, 0.1) is 0 Å². The highest BCUT2D eigenvalue weighted by molar-refractivity contribution is 4.90. The molecule has 2 rings (SSSR count). The Hall–Kier alpha value is -0.540. The lowest BCUT2D eigenvalue weighted by Gasteiger charge is -2.37. The molecule has 2 unspecified atom stereocenters. The Bertz CT molecular complexity index is 221. The van der Waals surface area contributed by atoms with Crippen LogP contribution in [0.4, 0.5) is 0 Å². The summed E-state index contributed by atoms with van der Waals surface area (Å²) >= 11 is 0. The van der Waals surface area contributed by atoms with E-state index in [0.717, 1.165) is 6.04 Å². The molecule has 0 aromatic heterocycles. The SMILES string of the molecule is C=CNC1CCC(N2CCN(CC)CC2)C1. The first-order chi connectivity index (χ1) is 7.83. The lowest BCUT2D eigenvalue weighted by Crippen LogP contribution is -2.49. The van der Waals surface area contributed by atoms with E-state index in [4.69, 9.17) is 0 Å². The van der Waals surface area contributed by atoms with E-state index in [-0.39, 0.29) is 0 Å². The molecule has 2 fully saturated rings. The first-order valence-electron chi connectivity index (χ1n) is 6.67. The summed E-state index contributed by atoms with van der Waals surface area (Å²) in [5.74, 6) is 0. The zero-order valence-electron chi connectivity index (χ0n) is 10.5. The van der Waals surface area contributed by atoms with Crippen molar-refractivity contribution in [1.82, 2.24) is 15.1 Å². The molecule has 1 saturated carbocycles. The molecule has 1 heterocycles. The van der Waals surface area contributed by atoms with Gasteiger partial charge >= 0.3 is 0 Å². The van der Waals surface area contributed by atoms with Gasteiger partial charge in [0, 0.05) is 38.3 Å². The van der Waals surface area contributed by atoms with Gasteiger partial charge in [-0.2, -0.15) is 0 Å². The fraction of sp³-hybridized carbons (Fsp3) is 0.846. The van der Waals surface area contributed by atoms with Crippen LogP contribution >= 0.6 is 0 Å². The van der Waals surface area contributed by atoms with Gasteiger partial charge in [0.2, 0.25) is 0 Å². The van der Waals surface area contributed by atoms with Crippen molar-refractivity contribution >= 4 is 0 Å². The fourth-order valence-corrected chi connectivity index (χ4v) is 3.05. The number of hydrogen-bond donors (Lipinski definition) is 1. The van der Waals surface area contributed by atoms with E-state index in [1.54, 1.807) is 0 Å². The summed E-state index contributed by atoms with van der Waals surface area (Å²) in [5.41, 5.74) is 0. The smallest absolute Gasteiger partial charge is 0.0271 e. The Morgan fingerprint density at radius 1 is 1.25 bits per heavy atom. The number of hydrogen-bond acceptors (Lipinski definition) is 3. The zero-order chi connectivity index (χ0) is 11.4. The lowest BCUT2D eigenvalue weighted by molar-refractivity contribution is 0.101. The Morgan fingerprint density at radius 3 is 2.62 bits per heavy atom. The molecule has 0 bridgehead atoms. The van der Waals surface area contributed by atoms with Crippen molar-refractivity contribution < 1.29 is 0 Å². The number of piperazine rings is 1. The third-order valence-electron chi connectivity index (χ3n) is 4.13. The van der Waals surface area contributed by atoms with Crippen LogP contribution in [0.3, 0.4) is 0 Å². The van der Waals surface area contributed by atoms with E-state index in [0.29, 0.717) is 6.04 Å². The standard InChI is InChI=1S/C13H25N3/c1-3-14-12-5-6-13(11-12)16-9-7-15(4-2)8-10-16/h3,12-14H,1,4-11H2,2H3. The molecule has 0 radical (unpaired) electrons. The van der Waals surface area contributed by atoms with Crippen molar-refractivity contribution in [1.29, 1.82) is 0 Å². The van der Waals surface area contributed by atoms with Gasteiger partial charge in [0.15, 0.2) is 0 Å². The molecule has 3 heteroatoms. The van der Waals surface area contributed by atoms with Crippen molar-refractivity contribution in [2.24, 2.45) is 0 Å². The van der Waals surface area contributed by atoms with Gasteiger partial charge in [0.1, 0.15) is 0 Å². The van der Waals surface area contributed by atoms with E-state index in [1.807, 2.05) is 6.20 Å². The summed E-state index contributed by atoms with van der Waals surface area (Å²) in [4.78, 5) is 5.24. The van der Waals surface area contributed by atoms with Gasteiger partial charge in [-0.15, -0.1) is 0 Å². The minimum atomic E-state index is 0.673. The average molecular weight is 223 g/mol. The highest BCUT2D eigenvalue weighted by atomic mass is 15.3. The largest absolute Gasteiger partial charge is 0.389 e. The quantitative estimate of drug-likeness (QED) is 0.774. The summed E-state index contributed by atoms with van der Waals surface area (Å²) in [6, 6.07) is 1.49. The molecule has 2 atom stereocenters. The topological polar surface area (TPSA) is 18.5 Å². The summed E-state index contributed by atoms with van der Waals surface area (Å²) in [5, 5.41) is 3.36. The van der Waals surface area contributed by atoms with Crippen LogP contribution in [0.5, 0.6) is 0 Å². The van der Waals surface area contributed by atoms with Crippen LogP contribution in [0.25, 0.3) is 0 Å². The highest BCUT2D eigenvalue weighted by Gasteiger charge is 2.30. The van der Waals surface area contributed by atoms with Crippen molar-refractivity contribution in [2.45, 2.75) is 38.3 Å². The minimum Gasteiger partial charge on any atom is -0.389 e. The summed E-state index contributed by atoms with van der Waals surface area (Å²) in [6.45, 7) is 12.3. The van der Waals surface area contributed by atoms with Gasteiger partial charge < -0.3 is 10.2 Å². The molecule has 2 aliphatic rings. The second kappa shape index (κ2) is 5.69. The van der Waals surface area contributed by atoms with Gasteiger partial charge in [-0.1, -0.05) is 13.5 Å². The molecule has 1 aliphatic carbocycles. The maximum atomic E-state index is 3.75. The van der Waals surface area contributed by atoms with E-state index in [9.17, 15) is 0 Å². The Labute approximate surface area is 99.5 Å². The summed E-state index contributed by atoms with van der Waals surface area (Å²) < 4.78 is 0. The molecule has 1 N–H and O–H groups in total. The zero-order valence-corrected chi connectivity index (χ0v) is 10.5. The monoisotopic (exact) mass is 223 g/mol. The van der Waals surface area contributed by atoms with Crippen LogP contribution in [-0.4, -0.2) is 54.6 Å². The highest BCUT2D eigenvalue weighted by Crippen LogP contribution is 2.25. The third-order valence-corrected chi connectivity index (χ3v) is 4.13. The second-order valence-electron chi connectivity index (χ2n) is 5.00. The van der Waals surface area contributed by atoms with Gasteiger partial charge in [-0.3, -0.25) is 4.90 Å². The second-order valence-corrected chi connectivity index (χ2v) is 5.00. The predicted molar refractivity (Wildman–Crippen MR) is 68.4 cm³/mol. The average Bonchev–Trinajstić information content (AvgIpc) is 2.78. The Kier molecular flexibility index (Phi) is 4.24. The molecular formula is C13H25N3. The Morgan fingerprint density at radius 2 is 2.00 bits per heavy atom. The number of nitrogens with one attached hydrogen (secondary N) is 1. The molecule has 3 nitrogen and oxygen atoms in total. The number of rotatable bonds is 4. The van der Waals surface area contributed by atoms with Crippen LogP contribution in [0.1, 0.15) is 26.2 Å². The predicted octanol–water partition coefficient (Wildman–Crippen LogP) is 1.28. The molecule has 16 heavy (non-hydrogen) atoms. The van der Waals surface area contributed by atoms with Crippen molar-refractivity contribution in [3.63, 3.8) is 0 Å². The van der Waals surface area contributed by atoms with Crippen LogP contribution in [0.2, 0.25) is 0 Å². The first-order valence-corrected chi connectivity index (χ1v) is 6.67. The normalized spacial score (nSPS) is 32.8. The molecule has 1 saturated heterocycles. The third kappa shape index (κ3) is 2.77. The molecule has 0 amide bonds. The van der Waals surface area contributed by atoms with Crippen molar-refractivity contribution in [3.8, 4) is 0 Å². The maximum Gasteiger partial charge on any atom is 0.0271 e. The van der Waals surface area contributed by atoms with Crippen molar-refractivity contribution in [3.05, 3.63) is 12.8 Å². The van der Waals surface area contributed by atoms with Gasteiger partial charge in [0.05, 0.1) is 0 Å². The van der Waals surface area contributed by atoms with Crippen LogP contribution in [-0.2, 0) is 0 Å². The molecule has 0 aromatic carbocycles. The van der Waals surface area contributed by atoms with E-state index in [1.165, 1.54) is 52.0 Å². The molecule has 92 valence electrons. The minimum absolute atomic E-state index is 0.673. The fourth-order valence-electron chi connectivity index (χ4n) is 3.05. The summed E-state index contributed by atoms with van der Waals surface area (Å²) in [7, 11) is 0. The van der Waals surface area contributed by atoms with Crippen LogP contribution < -0.4 is 5.32 Å². The molecular weight excluding hydrogens is 198 g/mol. The van der Waals surface area contributed by atoms with E-state index in [2.05, 4.69) is 28.6 Å². The van der Waals surface area contributed by atoms with Gasteiger partial charge in [0.25, 0.3) is 0 Å². The van der Waals surface area contributed by atoms with Crippen LogP contribution in [0.15, 0.2) is 12.8 Å². The molecule has 0 aromatic rings. The first kappa shape index (κ1) is 11.9. The number of likely N-dealkylation sites (N-methyl/N-ethyl adjacent to an activating group) is 1. The van der Waals surface area contributed by atoms with E-state index >= 15 is 0 Å². The van der Waals surface area contributed by atoms with Gasteiger partial charge in [-0.05, 0) is 32.0 Å². The van der Waals surface area contributed by atoms with Crippen molar-refractivity contribution in [2.75, 3.05) is 32.7 Å².